The maximum absolute atomic E-state index is 8.61. The fraction of sp³-hybridized carbons (Fsp3) is 0.500. The first-order valence-electron chi connectivity index (χ1n) is 5.42. The number of hydrogen-bond donors (Lipinski definition) is 2. The summed E-state index contributed by atoms with van der Waals surface area (Å²) in [5.41, 5.74) is 6.43. The Morgan fingerprint density at radius 1 is 1.00 bits per heavy atom. The molecule has 3 heteroatoms. The van der Waals surface area contributed by atoms with Crippen molar-refractivity contribution in [1.82, 2.24) is 0 Å². The molecule has 0 radical (unpaired) electrons. The number of aliphatic hydroxyl groups excluding tert-OH is 1. The van der Waals surface area contributed by atoms with Crippen molar-refractivity contribution in [3.05, 3.63) is 24.3 Å². The minimum absolute atomic E-state index is 0.325. The van der Waals surface area contributed by atoms with Gasteiger partial charge in [0.1, 0.15) is 0 Å². The van der Waals surface area contributed by atoms with E-state index in [0.717, 1.165) is 24.3 Å². The number of unbranched alkanes of at least 4 members (excludes halogenated alkanes) is 3. The van der Waals surface area contributed by atoms with Crippen LogP contribution in [-0.4, -0.2) is 17.5 Å². The highest BCUT2D eigenvalue weighted by atomic mass is 32.2. The Morgan fingerprint density at radius 3 is 2.33 bits per heavy atom. The van der Waals surface area contributed by atoms with E-state index >= 15 is 0 Å². The van der Waals surface area contributed by atoms with Crippen molar-refractivity contribution in [3.63, 3.8) is 0 Å². The molecule has 0 aliphatic carbocycles. The van der Waals surface area contributed by atoms with Gasteiger partial charge < -0.3 is 10.8 Å². The van der Waals surface area contributed by atoms with E-state index in [1.54, 1.807) is 0 Å². The molecule has 3 N–H and O–H groups in total. The molecular formula is C12H19NOS. The lowest BCUT2D eigenvalue weighted by molar-refractivity contribution is 0.283. The van der Waals surface area contributed by atoms with Crippen LogP contribution in [0, 0.1) is 0 Å². The highest BCUT2D eigenvalue weighted by Crippen LogP contribution is 2.20. The molecule has 84 valence electrons. The number of rotatable bonds is 7. The Morgan fingerprint density at radius 2 is 1.67 bits per heavy atom. The zero-order valence-electron chi connectivity index (χ0n) is 8.98. The Kier molecular flexibility index (Phi) is 6.28. The first-order chi connectivity index (χ1) is 7.33. The van der Waals surface area contributed by atoms with Gasteiger partial charge in [-0.05, 0) is 42.9 Å². The lowest BCUT2D eigenvalue weighted by atomic mass is 10.2. The summed E-state index contributed by atoms with van der Waals surface area (Å²) in [6, 6.07) is 8.00. The van der Waals surface area contributed by atoms with Gasteiger partial charge in [0, 0.05) is 17.2 Å². The summed E-state index contributed by atoms with van der Waals surface area (Å²) in [5, 5.41) is 8.61. The SMILES string of the molecule is Nc1ccc(SCCCCCCO)cc1. The van der Waals surface area contributed by atoms with Gasteiger partial charge in [0.15, 0.2) is 0 Å². The summed E-state index contributed by atoms with van der Waals surface area (Å²) in [5.74, 6) is 1.15. The van der Waals surface area contributed by atoms with Crippen LogP contribution in [0.2, 0.25) is 0 Å². The van der Waals surface area contributed by atoms with Crippen molar-refractivity contribution in [1.29, 1.82) is 0 Å². The van der Waals surface area contributed by atoms with E-state index < -0.39 is 0 Å². The van der Waals surface area contributed by atoms with Crippen LogP contribution in [0.3, 0.4) is 0 Å². The average Bonchev–Trinajstić information content (AvgIpc) is 2.26. The van der Waals surface area contributed by atoms with Gasteiger partial charge in [-0.15, -0.1) is 11.8 Å². The lowest BCUT2D eigenvalue weighted by Gasteiger charge is -2.02. The van der Waals surface area contributed by atoms with Crippen molar-refractivity contribution in [2.75, 3.05) is 18.1 Å². The number of anilines is 1. The molecular weight excluding hydrogens is 206 g/mol. The standard InChI is InChI=1S/C12H19NOS/c13-11-5-7-12(8-6-11)15-10-4-2-1-3-9-14/h5-8,14H,1-4,9-10,13H2. The van der Waals surface area contributed by atoms with E-state index in [2.05, 4.69) is 12.1 Å². The molecule has 0 amide bonds. The molecule has 0 saturated heterocycles. The smallest absolute Gasteiger partial charge is 0.0431 e. The summed E-state index contributed by atoms with van der Waals surface area (Å²) in [6.45, 7) is 0.325. The minimum Gasteiger partial charge on any atom is -0.399 e. The average molecular weight is 225 g/mol. The topological polar surface area (TPSA) is 46.2 Å². The van der Waals surface area contributed by atoms with Crippen LogP contribution in [-0.2, 0) is 0 Å². The molecule has 0 unspecified atom stereocenters. The Hall–Kier alpha value is -0.670. The Labute approximate surface area is 95.9 Å². The van der Waals surface area contributed by atoms with E-state index in [4.69, 9.17) is 10.8 Å². The molecule has 0 saturated carbocycles. The highest BCUT2D eigenvalue weighted by Gasteiger charge is 1.94. The van der Waals surface area contributed by atoms with Crippen molar-refractivity contribution in [3.8, 4) is 0 Å². The second-order valence-electron chi connectivity index (χ2n) is 3.56. The fourth-order valence-corrected chi connectivity index (χ4v) is 2.23. The van der Waals surface area contributed by atoms with Gasteiger partial charge in [-0.2, -0.15) is 0 Å². The van der Waals surface area contributed by atoms with Gasteiger partial charge in [-0.25, -0.2) is 0 Å². The third-order valence-electron chi connectivity index (χ3n) is 2.20. The second kappa shape index (κ2) is 7.60. The molecule has 0 aromatic heterocycles. The van der Waals surface area contributed by atoms with Gasteiger partial charge in [0.25, 0.3) is 0 Å². The van der Waals surface area contributed by atoms with Gasteiger partial charge >= 0.3 is 0 Å². The van der Waals surface area contributed by atoms with Crippen molar-refractivity contribution >= 4 is 17.4 Å². The maximum atomic E-state index is 8.61. The molecule has 2 nitrogen and oxygen atoms in total. The first-order valence-corrected chi connectivity index (χ1v) is 6.40. The molecule has 0 bridgehead atoms. The van der Waals surface area contributed by atoms with Crippen LogP contribution < -0.4 is 5.73 Å². The van der Waals surface area contributed by atoms with Crippen molar-refractivity contribution in [2.45, 2.75) is 30.6 Å². The monoisotopic (exact) mass is 225 g/mol. The van der Waals surface area contributed by atoms with E-state index in [-0.39, 0.29) is 0 Å². The van der Waals surface area contributed by atoms with Crippen LogP contribution in [0.4, 0.5) is 5.69 Å². The largest absolute Gasteiger partial charge is 0.399 e. The molecule has 1 rings (SSSR count). The number of nitrogens with two attached hydrogens (primary N) is 1. The van der Waals surface area contributed by atoms with Crippen LogP contribution in [0.15, 0.2) is 29.2 Å². The van der Waals surface area contributed by atoms with E-state index in [9.17, 15) is 0 Å². The predicted octanol–water partition coefficient (Wildman–Crippen LogP) is 2.91. The number of aliphatic hydroxyl groups is 1. The molecule has 0 atom stereocenters. The fourth-order valence-electron chi connectivity index (χ4n) is 1.32. The van der Waals surface area contributed by atoms with E-state index in [0.29, 0.717) is 6.61 Å². The molecule has 1 aromatic rings. The Bertz CT molecular complexity index is 261. The van der Waals surface area contributed by atoms with Gasteiger partial charge in [0.2, 0.25) is 0 Å². The third-order valence-corrected chi connectivity index (χ3v) is 3.30. The van der Waals surface area contributed by atoms with Gasteiger partial charge in [-0.1, -0.05) is 12.8 Å². The van der Waals surface area contributed by atoms with Crippen LogP contribution in [0.5, 0.6) is 0 Å². The first kappa shape index (κ1) is 12.4. The highest BCUT2D eigenvalue weighted by molar-refractivity contribution is 7.99. The molecule has 0 aliphatic heterocycles. The summed E-state index contributed by atoms with van der Waals surface area (Å²) < 4.78 is 0. The lowest BCUT2D eigenvalue weighted by Crippen LogP contribution is -1.86. The number of benzene rings is 1. The minimum atomic E-state index is 0.325. The zero-order chi connectivity index (χ0) is 10.9. The molecule has 0 aliphatic rings. The number of thioether (sulfide) groups is 1. The summed E-state index contributed by atoms with van der Waals surface area (Å²) in [6.07, 6.45) is 4.50. The van der Waals surface area contributed by atoms with Crippen molar-refractivity contribution < 1.29 is 5.11 Å². The zero-order valence-corrected chi connectivity index (χ0v) is 9.80. The number of nitrogen functional groups attached to an aromatic ring is 1. The Balaban J connectivity index is 2.07. The van der Waals surface area contributed by atoms with E-state index in [1.807, 2.05) is 23.9 Å². The van der Waals surface area contributed by atoms with E-state index in [1.165, 1.54) is 17.7 Å². The quantitative estimate of drug-likeness (QED) is 0.426. The predicted molar refractivity (Wildman–Crippen MR) is 67.1 cm³/mol. The molecule has 0 fully saturated rings. The molecule has 0 spiro atoms. The maximum Gasteiger partial charge on any atom is 0.0431 e. The second-order valence-corrected chi connectivity index (χ2v) is 4.72. The normalized spacial score (nSPS) is 10.5. The summed E-state index contributed by atoms with van der Waals surface area (Å²) in [4.78, 5) is 1.28. The van der Waals surface area contributed by atoms with Gasteiger partial charge in [0.05, 0.1) is 0 Å². The molecule has 1 aromatic carbocycles. The van der Waals surface area contributed by atoms with Crippen molar-refractivity contribution in [2.24, 2.45) is 0 Å². The number of hydrogen-bond acceptors (Lipinski definition) is 3. The van der Waals surface area contributed by atoms with Crippen LogP contribution in [0.1, 0.15) is 25.7 Å². The van der Waals surface area contributed by atoms with Crippen LogP contribution in [0.25, 0.3) is 0 Å². The summed E-state index contributed by atoms with van der Waals surface area (Å²) >= 11 is 1.87. The third kappa shape index (κ3) is 5.70. The molecule has 0 heterocycles. The summed E-state index contributed by atoms with van der Waals surface area (Å²) in [7, 11) is 0. The van der Waals surface area contributed by atoms with Crippen LogP contribution >= 0.6 is 11.8 Å². The molecule has 15 heavy (non-hydrogen) atoms. The van der Waals surface area contributed by atoms with Gasteiger partial charge in [-0.3, -0.25) is 0 Å².